The molecule has 30 heavy (non-hydrogen) atoms. The topological polar surface area (TPSA) is 67.8 Å². The Morgan fingerprint density at radius 3 is 2.50 bits per heavy atom. The Hall–Kier alpha value is -3.43. The summed E-state index contributed by atoms with van der Waals surface area (Å²) >= 11 is 1.56. The number of nitrogens with zero attached hydrogens (tertiary/aromatic N) is 3. The smallest absolute Gasteiger partial charge is 0.280 e. The van der Waals surface area contributed by atoms with Gasteiger partial charge in [-0.15, -0.1) is 11.3 Å². The summed E-state index contributed by atoms with van der Waals surface area (Å²) in [4.78, 5) is 28.8. The average molecular weight is 414 g/mol. The van der Waals surface area contributed by atoms with Gasteiger partial charge < -0.3 is 0 Å². The molecule has 0 atom stereocenters. The molecular weight excluding hydrogens is 394 g/mol. The maximum absolute atomic E-state index is 13.5. The molecule has 2 aromatic heterocycles. The summed E-state index contributed by atoms with van der Waals surface area (Å²) in [5.41, 5.74) is 2.80. The van der Waals surface area contributed by atoms with E-state index in [0.29, 0.717) is 10.9 Å². The standard InChI is InChI=1S/C24H19N3O2S/c25-13-17-9-4-5-10-18(17)15-27-23-21(19-11-6-12-20(19)30-23)22(28)26(24(27)29)14-16-7-2-1-3-8-16/h1-5,7-10H,6,11-12,14-15H2. The fourth-order valence-electron chi connectivity index (χ4n) is 4.24. The van der Waals surface area contributed by atoms with Crippen LogP contribution in [-0.2, 0) is 25.9 Å². The fraction of sp³-hybridized carbons (Fsp3) is 0.208. The van der Waals surface area contributed by atoms with Crippen molar-refractivity contribution < 1.29 is 0 Å². The van der Waals surface area contributed by atoms with Crippen molar-refractivity contribution in [2.45, 2.75) is 32.4 Å². The lowest BCUT2D eigenvalue weighted by atomic mass is 10.1. The summed E-state index contributed by atoms with van der Waals surface area (Å²) in [5.74, 6) is 0. The highest BCUT2D eigenvalue weighted by Gasteiger charge is 2.25. The first-order chi connectivity index (χ1) is 14.7. The first-order valence-corrected chi connectivity index (χ1v) is 10.8. The van der Waals surface area contributed by atoms with Gasteiger partial charge in [0.05, 0.1) is 30.1 Å². The normalized spacial score (nSPS) is 12.8. The van der Waals surface area contributed by atoms with Crippen LogP contribution in [0.5, 0.6) is 0 Å². The highest BCUT2D eigenvalue weighted by Crippen LogP contribution is 2.35. The minimum absolute atomic E-state index is 0.205. The Kier molecular flexibility index (Phi) is 4.61. The van der Waals surface area contributed by atoms with Crippen LogP contribution in [0.3, 0.4) is 0 Å². The maximum Gasteiger partial charge on any atom is 0.332 e. The van der Waals surface area contributed by atoms with Gasteiger partial charge in [-0.1, -0.05) is 48.5 Å². The van der Waals surface area contributed by atoms with Crippen LogP contribution in [0.25, 0.3) is 10.2 Å². The lowest BCUT2D eigenvalue weighted by molar-refractivity contribution is 0.637. The Morgan fingerprint density at radius 2 is 1.70 bits per heavy atom. The molecule has 6 heteroatoms. The molecule has 4 aromatic rings. The zero-order valence-electron chi connectivity index (χ0n) is 16.3. The number of benzene rings is 2. The second-order valence-corrected chi connectivity index (χ2v) is 8.64. The molecule has 0 unspecified atom stereocenters. The summed E-state index contributed by atoms with van der Waals surface area (Å²) in [5, 5.41) is 10.2. The van der Waals surface area contributed by atoms with Crippen LogP contribution in [0.4, 0.5) is 0 Å². The molecule has 5 nitrogen and oxygen atoms in total. The van der Waals surface area contributed by atoms with Crippen LogP contribution in [0.1, 0.15) is 33.6 Å². The van der Waals surface area contributed by atoms with Gasteiger partial charge in [0.2, 0.25) is 0 Å². The van der Waals surface area contributed by atoms with Crippen molar-refractivity contribution in [3.63, 3.8) is 0 Å². The summed E-state index contributed by atoms with van der Waals surface area (Å²) in [6, 6.07) is 19.1. The van der Waals surface area contributed by atoms with E-state index >= 15 is 0 Å². The molecule has 1 aliphatic carbocycles. The van der Waals surface area contributed by atoms with Gasteiger partial charge in [0.1, 0.15) is 4.83 Å². The third-order valence-corrected chi connectivity index (χ3v) is 7.03. The number of rotatable bonds is 4. The van der Waals surface area contributed by atoms with E-state index < -0.39 is 0 Å². The molecule has 0 bridgehead atoms. The first kappa shape index (κ1) is 18.6. The van der Waals surface area contributed by atoms with Crippen LogP contribution in [-0.4, -0.2) is 9.13 Å². The molecule has 2 aromatic carbocycles. The van der Waals surface area contributed by atoms with Gasteiger partial charge in [-0.25, -0.2) is 4.79 Å². The molecule has 2 heterocycles. The number of hydrogen-bond donors (Lipinski definition) is 0. The van der Waals surface area contributed by atoms with Crippen LogP contribution in [0.2, 0.25) is 0 Å². The van der Waals surface area contributed by atoms with E-state index in [1.807, 2.05) is 48.5 Å². The average Bonchev–Trinajstić information content (AvgIpc) is 3.36. The summed E-state index contributed by atoms with van der Waals surface area (Å²) in [6.07, 6.45) is 2.88. The summed E-state index contributed by atoms with van der Waals surface area (Å²) in [6.45, 7) is 0.506. The molecule has 0 fully saturated rings. The van der Waals surface area contributed by atoms with Crippen molar-refractivity contribution in [3.05, 3.63) is 103 Å². The number of hydrogen-bond acceptors (Lipinski definition) is 4. The van der Waals surface area contributed by atoms with Gasteiger partial charge in [-0.2, -0.15) is 5.26 Å². The van der Waals surface area contributed by atoms with Gasteiger partial charge in [0.15, 0.2) is 0 Å². The van der Waals surface area contributed by atoms with E-state index in [9.17, 15) is 14.9 Å². The predicted molar refractivity (Wildman–Crippen MR) is 118 cm³/mol. The molecule has 0 saturated heterocycles. The SMILES string of the molecule is N#Cc1ccccc1Cn1c(=O)n(Cc2ccccc2)c(=O)c2c3c(sc21)CCC3. The second-order valence-electron chi connectivity index (χ2n) is 7.55. The molecule has 0 N–H and O–H groups in total. The van der Waals surface area contributed by atoms with E-state index in [4.69, 9.17) is 0 Å². The minimum atomic E-state index is -0.330. The monoisotopic (exact) mass is 413 g/mol. The fourth-order valence-corrected chi connectivity index (χ4v) is 5.61. The van der Waals surface area contributed by atoms with Crippen molar-refractivity contribution in [2.24, 2.45) is 0 Å². The summed E-state index contributed by atoms with van der Waals surface area (Å²) in [7, 11) is 0. The Labute approximate surface area is 177 Å². The van der Waals surface area contributed by atoms with E-state index in [-0.39, 0.29) is 24.3 Å². The number of aromatic nitrogens is 2. The zero-order valence-corrected chi connectivity index (χ0v) is 17.1. The highest BCUT2D eigenvalue weighted by molar-refractivity contribution is 7.18. The number of aryl methyl sites for hydroxylation is 2. The molecule has 148 valence electrons. The molecule has 0 spiro atoms. The predicted octanol–water partition coefficient (Wildman–Crippen LogP) is 3.68. The highest BCUT2D eigenvalue weighted by atomic mass is 32.1. The lowest BCUT2D eigenvalue weighted by Gasteiger charge is -2.13. The second kappa shape index (κ2) is 7.43. The minimum Gasteiger partial charge on any atom is -0.280 e. The quantitative estimate of drug-likeness (QED) is 0.513. The Bertz CT molecular complexity index is 1420. The van der Waals surface area contributed by atoms with Crippen molar-refractivity contribution in [1.82, 2.24) is 9.13 Å². The lowest BCUT2D eigenvalue weighted by Crippen LogP contribution is -2.40. The zero-order chi connectivity index (χ0) is 20.7. The van der Waals surface area contributed by atoms with Crippen molar-refractivity contribution in [2.75, 3.05) is 0 Å². The summed E-state index contributed by atoms with van der Waals surface area (Å²) < 4.78 is 3.02. The molecular formula is C24H19N3O2S. The van der Waals surface area contributed by atoms with Gasteiger partial charge in [0.25, 0.3) is 5.56 Å². The van der Waals surface area contributed by atoms with Crippen LogP contribution < -0.4 is 11.2 Å². The number of nitriles is 1. The number of thiophene rings is 1. The van der Waals surface area contributed by atoms with E-state index in [1.165, 1.54) is 9.44 Å². The van der Waals surface area contributed by atoms with E-state index in [2.05, 4.69) is 6.07 Å². The molecule has 0 aliphatic heterocycles. The van der Waals surface area contributed by atoms with Crippen LogP contribution in [0.15, 0.2) is 64.2 Å². The molecule has 1 aliphatic rings. The third-order valence-electron chi connectivity index (χ3n) is 5.72. The van der Waals surface area contributed by atoms with Crippen molar-refractivity contribution >= 4 is 21.6 Å². The largest absolute Gasteiger partial charge is 0.332 e. The van der Waals surface area contributed by atoms with Crippen molar-refractivity contribution in [1.29, 1.82) is 5.26 Å². The Balaban J connectivity index is 1.76. The first-order valence-electron chi connectivity index (χ1n) is 9.97. The molecule has 5 rings (SSSR count). The molecule has 0 radical (unpaired) electrons. The van der Waals surface area contributed by atoms with E-state index in [1.54, 1.807) is 22.0 Å². The Morgan fingerprint density at radius 1 is 0.933 bits per heavy atom. The molecule has 0 saturated carbocycles. The van der Waals surface area contributed by atoms with Crippen LogP contribution >= 0.6 is 11.3 Å². The van der Waals surface area contributed by atoms with Crippen LogP contribution in [0, 0.1) is 11.3 Å². The van der Waals surface area contributed by atoms with Gasteiger partial charge in [0, 0.05) is 4.88 Å². The number of fused-ring (bicyclic) bond motifs is 3. The third kappa shape index (κ3) is 2.99. The van der Waals surface area contributed by atoms with Crippen molar-refractivity contribution in [3.8, 4) is 6.07 Å². The van der Waals surface area contributed by atoms with E-state index in [0.717, 1.165) is 40.8 Å². The molecule has 0 amide bonds. The van der Waals surface area contributed by atoms with Gasteiger partial charge >= 0.3 is 5.69 Å². The van der Waals surface area contributed by atoms with Gasteiger partial charge in [-0.05, 0) is 42.0 Å². The van der Waals surface area contributed by atoms with Gasteiger partial charge in [-0.3, -0.25) is 13.9 Å². The maximum atomic E-state index is 13.5.